The molecule has 1 spiro atoms. The zero-order valence-corrected chi connectivity index (χ0v) is 16.7. The Labute approximate surface area is 166 Å². The molecule has 3 fully saturated rings. The molecule has 3 aliphatic heterocycles. The summed E-state index contributed by atoms with van der Waals surface area (Å²) in [6, 6.07) is 5.15. The molecule has 2 amide bonds. The number of phenols is 1. The minimum absolute atomic E-state index is 0.0434. The number of likely N-dealkylation sites (tertiary alicyclic amines) is 2. The van der Waals surface area contributed by atoms with Gasteiger partial charge in [0.1, 0.15) is 5.75 Å². The molecule has 1 aromatic rings. The molecule has 0 radical (unpaired) electrons. The van der Waals surface area contributed by atoms with E-state index in [0.29, 0.717) is 31.6 Å². The lowest BCUT2D eigenvalue weighted by molar-refractivity contribution is -0.141. The number of phenolic OH excluding ortho intramolecular Hbond substituents is 1. The van der Waals surface area contributed by atoms with Crippen LogP contribution in [0.4, 0.5) is 0 Å². The Morgan fingerprint density at radius 2 is 2.07 bits per heavy atom. The summed E-state index contributed by atoms with van der Waals surface area (Å²) in [4.78, 5) is 29.1. The molecule has 3 saturated heterocycles. The highest BCUT2D eigenvalue weighted by molar-refractivity contribution is 5.97. The number of aryl methyl sites for hydroxylation is 1. The van der Waals surface area contributed by atoms with Gasteiger partial charge in [0.25, 0.3) is 5.91 Å². The van der Waals surface area contributed by atoms with Crippen LogP contribution in [0.2, 0.25) is 0 Å². The van der Waals surface area contributed by atoms with Crippen molar-refractivity contribution in [3.8, 4) is 5.75 Å². The summed E-state index contributed by atoms with van der Waals surface area (Å²) in [5.74, 6) is 0.186. The van der Waals surface area contributed by atoms with E-state index in [-0.39, 0.29) is 29.1 Å². The van der Waals surface area contributed by atoms with Crippen LogP contribution in [0.25, 0.3) is 0 Å². The molecule has 1 aromatic carbocycles. The van der Waals surface area contributed by atoms with Crippen molar-refractivity contribution in [2.24, 2.45) is 5.41 Å². The first kappa shape index (κ1) is 19.2. The third-order valence-electron chi connectivity index (χ3n) is 6.69. The Hall–Kier alpha value is -2.08. The topological polar surface area (TPSA) is 70.1 Å². The Balaban J connectivity index is 1.39. The molecule has 0 unspecified atom stereocenters. The fourth-order valence-corrected chi connectivity index (χ4v) is 4.89. The fraction of sp³-hybridized carbons (Fsp3) is 0.636. The summed E-state index contributed by atoms with van der Waals surface area (Å²) < 4.78 is 5.73. The number of aromatic hydroxyl groups is 1. The summed E-state index contributed by atoms with van der Waals surface area (Å²) in [5, 5.41) is 10.1. The lowest BCUT2D eigenvalue weighted by atomic mass is 9.72. The van der Waals surface area contributed by atoms with Crippen molar-refractivity contribution in [2.45, 2.75) is 51.6 Å². The van der Waals surface area contributed by atoms with E-state index < -0.39 is 0 Å². The van der Waals surface area contributed by atoms with E-state index in [9.17, 15) is 14.7 Å². The summed E-state index contributed by atoms with van der Waals surface area (Å²) in [6.07, 6.45) is 5.62. The molecule has 6 heteroatoms. The predicted molar refractivity (Wildman–Crippen MR) is 105 cm³/mol. The number of nitrogens with zero attached hydrogens (tertiary/aromatic N) is 2. The van der Waals surface area contributed by atoms with E-state index in [1.165, 1.54) is 0 Å². The molecule has 152 valence electrons. The molecular formula is C22H30N2O4. The quantitative estimate of drug-likeness (QED) is 0.867. The van der Waals surface area contributed by atoms with Crippen LogP contribution in [0, 0.1) is 12.3 Å². The smallest absolute Gasteiger partial charge is 0.257 e. The second kappa shape index (κ2) is 7.74. The Morgan fingerprint density at radius 3 is 2.79 bits per heavy atom. The summed E-state index contributed by atoms with van der Waals surface area (Å²) in [5.41, 5.74) is 1.46. The molecule has 0 aliphatic carbocycles. The zero-order valence-electron chi connectivity index (χ0n) is 16.7. The van der Waals surface area contributed by atoms with E-state index >= 15 is 0 Å². The van der Waals surface area contributed by atoms with Crippen LogP contribution in [0.3, 0.4) is 0 Å². The second-order valence-corrected chi connectivity index (χ2v) is 8.72. The van der Waals surface area contributed by atoms with Crippen LogP contribution in [-0.2, 0) is 9.53 Å². The van der Waals surface area contributed by atoms with Gasteiger partial charge in [0.15, 0.2) is 0 Å². The molecule has 0 saturated carbocycles. The Kier molecular flexibility index (Phi) is 5.32. The first-order valence-electron chi connectivity index (χ1n) is 10.4. The number of hydrogen-bond donors (Lipinski definition) is 1. The Morgan fingerprint density at radius 1 is 1.29 bits per heavy atom. The van der Waals surface area contributed by atoms with Gasteiger partial charge < -0.3 is 19.6 Å². The lowest BCUT2D eigenvalue weighted by Gasteiger charge is -2.47. The number of ether oxygens (including phenoxy) is 1. The van der Waals surface area contributed by atoms with Crippen LogP contribution in [0.1, 0.15) is 54.4 Å². The second-order valence-electron chi connectivity index (χ2n) is 8.72. The minimum Gasteiger partial charge on any atom is -0.507 e. The van der Waals surface area contributed by atoms with Gasteiger partial charge in [-0.2, -0.15) is 0 Å². The third-order valence-corrected chi connectivity index (χ3v) is 6.69. The summed E-state index contributed by atoms with van der Waals surface area (Å²) in [6.45, 7) is 5.57. The van der Waals surface area contributed by atoms with Gasteiger partial charge in [-0.15, -0.1) is 0 Å². The van der Waals surface area contributed by atoms with Crippen LogP contribution in [0.15, 0.2) is 18.2 Å². The van der Waals surface area contributed by atoms with Crippen molar-refractivity contribution in [3.63, 3.8) is 0 Å². The highest BCUT2D eigenvalue weighted by atomic mass is 16.5. The number of hydrogen-bond acceptors (Lipinski definition) is 4. The van der Waals surface area contributed by atoms with Gasteiger partial charge in [0.2, 0.25) is 5.91 Å². The average molecular weight is 386 g/mol. The van der Waals surface area contributed by atoms with Crippen LogP contribution in [0.5, 0.6) is 5.75 Å². The molecule has 4 rings (SSSR count). The van der Waals surface area contributed by atoms with E-state index in [1.54, 1.807) is 18.2 Å². The van der Waals surface area contributed by atoms with E-state index in [1.807, 2.05) is 16.7 Å². The van der Waals surface area contributed by atoms with E-state index in [4.69, 9.17) is 4.74 Å². The van der Waals surface area contributed by atoms with Crippen LogP contribution < -0.4 is 0 Å². The number of carbonyl (C=O) groups is 2. The highest BCUT2D eigenvalue weighted by Gasteiger charge is 2.42. The maximum absolute atomic E-state index is 12.9. The molecule has 3 aliphatic rings. The molecule has 28 heavy (non-hydrogen) atoms. The van der Waals surface area contributed by atoms with Gasteiger partial charge in [-0.1, -0.05) is 11.6 Å². The summed E-state index contributed by atoms with van der Waals surface area (Å²) in [7, 11) is 0. The van der Waals surface area contributed by atoms with Crippen molar-refractivity contribution >= 4 is 11.8 Å². The monoisotopic (exact) mass is 386 g/mol. The zero-order chi connectivity index (χ0) is 19.7. The highest BCUT2D eigenvalue weighted by Crippen LogP contribution is 2.41. The number of piperidine rings is 2. The Bertz CT molecular complexity index is 749. The number of rotatable bonds is 3. The predicted octanol–water partition coefficient (Wildman–Crippen LogP) is 2.72. The molecular weight excluding hydrogens is 356 g/mol. The van der Waals surface area contributed by atoms with Crippen molar-refractivity contribution in [1.29, 1.82) is 0 Å². The van der Waals surface area contributed by atoms with E-state index in [2.05, 4.69) is 0 Å². The standard InChI is InChI=1S/C22H30N2O4/c1-16-4-5-19(25)18(13-16)21(27)23-10-8-22(9-11-23)7-6-20(26)24(15-22)14-17-3-2-12-28-17/h4-5,13,17,25H,2-3,6-12,14-15H2,1H3/t17-/m1/s1. The number of amides is 2. The third kappa shape index (κ3) is 3.88. The fourth-order valence-electron chi connectivity index (χ4n) is 4.89. The first-order valence-corrected chi connectivity index (χ1v) is 10.4. The largest absolute Gasteiger partial charge is 0.507 e. The van der Waals surface area contributed by atoms with Crippen molar-refractivity contribution in [1.82, 2.24) is 9.80 Å². The molecule has 0 bridgehead atoms. The van der Waals surface area contributed by atoms with Crippen molar-refractivity contribution in [3.05, 3.63) is 29.3 Å². The first-order chi connectivity index (χ1) is 13.5. The van der Waals surface area contributed by atoms with Gasteiger partial charge >= 0.3 is 0 Å². The number of carbonyl (C=O) groups excluding carboxylic acids is 2. The van der Waals surface area contributed by atoms with Crippen molar-refractivity contribution in [2.75, 3.05) is 32.8 Å². The normalized spacial score (nSPS) is 24.8. The van der Waals surface area contributed by atoms with Crippen LogP contribution in [-0.4, -0.2) is 65.6 Å². The minimum atomic E-state index is -0.0980. The van der Waals surface area contributed by atoms with Gasteiger partial charge in [-0.05, 0) is 56.6 Å². The maximum Gasteiger partial charge on any atom is 0.257 e. The van der Waals surface area contributed by atoms with E-state index in [0.717, 1.165) is 50.8 Å². The molecule has 0 aromatic heterocycles. The molecule has 1 atom stereocenters. The van der Waals surface area contributed by atoms with Crippen molar-refractivity contribution < 1.29 is 19.4 Å². The van der Waals surface area contributed by atoms with Gasteiger partial charge in [0, 0.05) is 39.2 Å². The molecule has 1 N–H and O–H groups in total. The van der Waals surface area contributed by atoms with Gasteiger partial charge in [-0.3, -0.25) is 9.59 Å². The average Bonchev–Trinajstić information content (AvgIpc) is 3.20. The van der Waals surface area contributed by atoms with Gasteiger partial charge in [0.05, 0.1) is 11.7 Å². The summed E-state index contributed by atoms with van der Waals surface area (Å²) >= 11 is 0. The lowest BCUT2D eigenvalue weighted by Crippen LogP contribution is -2.53. The molecule has 3 heterocycles. The van der Waals surface area contributed by atoms with Crippen LogP contribution >= 0.6 is 0 Å². The SMILES string of the molecule is Cc1ccc(O)c(C(=O)N2CCC3(CCC(=O)N(C[C@H]4CCCO4)C3)CC2)c1. The number of benzene rings is 1. The maximum atomic E-state index is 12.9. The molecule has 6 nitrogen and oxygen atoms in total. The van der Waals surface area contributed by atoms with Gasteiger partial charge in [-0.25, -0.2) is 0 Å².